The van der Waals surface area contributed by atoms with Crippen molar-refractivity contribution >= 4 is 9.05 Å². The summed E-state index contributed by atoms with van der Waals surface area (Å²) in [4.78, 5) is 0. The van der Waals surface area contributed by atoms with Crippen molar-refractivity contribution in [3.8, 4) is 0 Å². The molecule has 5 heteroatoms. The molecule has 0 fully saturated rings. The summed E-state index contributed by atoms with van der Waals surface area (Å²) in [5, 5.41) is 0. The maximum absolute atomic E-state index is 5.83. The minimum absolute atomic E-state index is 0.0362. The van der Waals surface area contributed by atoms with Crippen molar-refractivity contribution in [2.24, 2.45) is 0 Å². The van der Waals surface area contributed by atoms with Crippen LogP contribution in [0.15, 0.2) is 0 Å². The number of hydrogen-bond donors (Lipinski definition) is 0. The van der Waals surface area contributed by atoms with Crippen LogP contribution in [0.2, 0.25) is 0 Å². The van der Waals surface area contributed by atoms with Gasteiger partial charge in [-0.3, -0.25) is 0 Å². The topological polar surface area (TPSA) is 36.9 Å². The molecule has 0 aliphatic carbocycles. The summed E-state index contributed by atoms with van der Waals surface area (Å²) in [5.74, 6) is 0. The van der Waals surface area contributed by atoms with E-state index in [1.54, 1.807) is 0 Å². The Labute approximate surface area is 107 Å². The maximum atomic E-state index is 5.83. The Hall–Kier alpha value is 0.0569. The first kappa shape index (κ1) is 17.1. The second kappa shape index (κ2) is 9.05. The first-order valence-corrected chi connectivity index (χ1v) is 8.22. The summed E-state index contributed by atoms with van der Waals surface area (Å²) in [5.41, 5.74) is 0. The Bertz CT molecular complexity index is 165. The molecule has 104 valence electrons. The average molecular weight is 264 g/mol. The molecule has 0 bridgehead atoms. The van der Waals surface area contributed by atoms with Crippen LogP contribution >= 0.6 is 0 Å². The van der Waals surface area contributed by atoms with Crippen LogP contribution in [0.3, 0.4) is 0 Å². The molecule has 0 aromatic rings. The van der Waals surface area contributed by atoms with Crippen molar-refractivity contribution in [1.29, 1.82) is 0 Å². The Balaban J connectivity index is 4.63. The van der Waals surface area contributed by atoms with Crippen LogP contribution in [0.25, 0.3) is 0 Å². The predicted octanol–water partition coefficient (Wildman–Crippen LogP) is 3.13. The molecule has 0 N–H and O–H groups in total. The zero-order valence-corrected chi connectivity index (χ0v) is 13.1. The highest BCUT2D eigenvalue weighted by atomic mass is 28.4. The van der Waals surface area contributed by atoms with Gasteiger partial charge in [0.1, 0.15) is 0 Å². The van der Waals surface area contributed by atoms with Crippen LogP contribution in [0.1, 0.15) is 54.4 Å². The minimum Gasteiger partial charge on any atom is -0.351 e. The normalized spacial score (nSPS) is 12.7. The Morgan fingerprint density at radius 2 is 1.12 bits per heavy atom. The van der Waals surface area contributed by atoms with E-state index in [9.17, 15) is 0 Å². The molecule has 0 aromatic heterocycles. The zero-order valence-electron chi connectivity index (χ0n) is 12.1. The van der Waals surface area contributed by atoms with E-state index in [4.69, 9.17) is 17.7 Å². The van der Waals surface area contributed by atoms with Crippen LogP contribution in [-0.4, -0.2) is 34.5 Å². The van der Waals surface area contributed by atoms with E-state index in [-0.39, 0.29) is 12.2 Å². The van der Waals surface area contributed by atoms with Crippen LogP contribution in [-0.2, 0) is 17.7 Å². The number of rotatable bonds is 10. The summed E-state index contributed by atoms with van der Waals surface area (Å²) < 4.78 is 23.2. The van der Waals surface area contributed by atoms with E-state index in [0.717, 1.165) is 12.8 Å². The summed E-state index contributed by atoms with van der Waals surface area (Å²) in [6, 6.07) is 0. The molecule has 0 saturated heterocycles. The quantitative estimate of drug-likeness (QED) is 0.568. The molecule has 4 nitrogen and oxygen atoms in total. The molecule has 17 heavy (non-hydrogen) atoms. The molecule has 0 atom stereocenters. The van der Waals surface area contributed by atoms with Gasteiger partial charge in [-0.1, -0.05) is 13.8 Å². The van der Waals surface area contributed by atoms with Gasteiger partial charge in [0.25, 0.3) is 0 Å². The third-order valence-corrected chi connectivity index (χ3v) is 4.36. The van der Waals surface area contributed by atoms with Gasteiger partial charge in [-0.05, 0) is 40.5 Å². The zero-order chi connectivity index (χ0) is 13.3. The van der Waals surface area contributed by atoms with Crippen molar-refractivity contribution < 1.29 is 17.7 Å². The fourth-order valence-corrected chi connectivity index (χ4v) is 3.71. The van der Waals surface area contributed by atoms with E-state index in [2.05, 4.69) is 13.8 Å². The first-order chi connectivity index (χ1) is 7.95. The van der Waals surface area contributed by atoms with Gasteiger partial charge >= 0.3 is 9.05 Å². The van der Waals surface area contributed by atoms with Gasteiger partial charge in [0, 0.05) is 25.4 Å². The Morgan fingerprint density at radius 1 is 0.765 bits per heavy atom. The second-order valence-corrected chi connectivity index (χ2v) is 6.58. The highest BCUT2D eigenvalue weighted by Gasteiger charge is 2.47. The first-order valence-electron chi connectivity index (χ1n) is 6.59. The van der Waals surface area contributed by atoms with Crippen molar-refractivity contribution in [3.63, 3.8) is 0 Å². The lowest BCUT2D eigenvalue weighted by Gasteiger charge is -2.31. The van der Waals surface area contributed by atoms with Gasteiger partial charge in [0.15, 0.2) is 0 Å². The average Bonchev–Trinajstić information content (AvgIpc) is 2.22. The van der Waals surface area contributed by atoms with Gasteiger partial charge in [0.2, 0.25) is 0 Å². The van der Waals surface area contributed by atoms with E-state index in [1.807, 2.05) is 27.7 Å². The summed E-state index contributed by atoms with van der Waals surface area (Å²) in [7, 11) is -2.96. The molecule has 0 saturated carbocycles. The van der Waals surface area contributed by atoms with E-state index in [1.165, 1.54) is 0 Å². The highest BCUT2D eigenvalue weighted by molar-refractivity contribution is 6.53. The standard InChI is InChI=1S/C12H28O4Si/c1-7-9-13-17(14-10-8-2,15-11(3)4)16-12(5)6/h11-12H,7-10H2,1-6H3. The Kier molecular flexibility index (Phi) is 9.08. The molecule has 0 rings (SSSR count). The highest BCUT2D eigenvalue weighted by Crippen LogP contribution is 2.17. The van der Waals surface area contributed by atoms with Gasteiger partial charge in [-0.15, -0.1) is 0 Å². The molecular formula is C12H28O4Si. The van der Waals surface area contributed by atoms with Crippen LogP contribution in [0.5, 0.6) is 0 Å². The predicted molar refractivity (Wildman–Crippen MR) is 70.7 cm³/mol. The second-order valence-electron chi connectivity index (χ2n) is 4.53. The van der Waals surface area contributed by atoms with Crippen LogP contribution in [0.4, 0.5) is 0 Å². The molecule has 0 aromatic carbocycles. The molecule has 0 amide bonds. The summed E-state index contributed by atoms with van der Waals surface area (Å²) in [6.45, 7) is 13.2. The molecule has 0 spiro atoms. The number of hydrogen-bond acceptors (Lipinski definition) is 4. The SMILES string of the molecule is CCCO[Si](OCCC)(OC(C)C)OC(C)C. The van der Waals surface area contributed by atoms with Crippen molar-refractivity contribution in [2.45, 2.75) is 66.6 Å². The third kappa shape index (κ3) is 7.89. The minimum atomic E-state index is -2.96. The van der Waals surface area contributed by atoms with Crippen molar-refractivity contribution in [1.82, 2.24) is 0 Å². The maximum Gasteiger partial charge on any atom is 0.680 e. The van der Waals surface area contributed by atoms with Gasteiger partial charge < -0.3 is 17.7 Å². The van der Waals surface area contributed by atoms with Crippen LogP contribution in [0, 0.1) is 0 Å². The monoisotopic (exact) mass is 264 g/mol. The fourth-order valence-electron chi connectivity index (χ4n) is 1.24. The lowest BCUT2D eigenvalue weighted by molar-refractivity contribution is -0.0624. The molecule has 0 aliphatic rings. The lowest BCUT2D eigenvalue weighted by Crippen LogP contribution is -2.52. The largest absolute Gasteiger partial charge is 0.680 e. The van der Waals surface area contributed by atoms with Crippen molar-refractivity contribution in [3.05, 3.63) is 0 Å². The van der Waals surface area contributed by atoms with E-state index in [0.29, 0.717) is 13.2 Å². The fraction of sp³-hybridized carbons (Fsp3) is 1.00. The van der Waals surface area contributed by atoms with E-state index >= 15 is 0 Å². The molecule has 0 radical (unpaired) electrons. The van der Waals surface area contributed by atoms with Crippen molar-refractivity contribution in [2.75, 3.05) is 13.2 Å². The van der Waals surface area contributed by atoms with E-state index < -0.39 is 9.05 Å². The smallest absolute Gasteiger partial charge is 0.351 e. The Morgan fingerprint density at radius 3 is 1.35 bits per heavy atom. The van der Waals surface area contributed by atoms with Crippen LogP contribution < -0.4 is 0 Å². The third-order valence-electron chi connectivity index (χ3n) is 1.73. The molecular weight excluding hydrogens is 236 g/mol. The lowest BCUT2D eigenvalue weighted by atomic mass is 10.5. The van der Waals surface area contributed by atoms with Gasteiger partial charge in [-0.2, -0.15) is 0 Å². The summed E-state index contributed by atoms with van der Waals surface area (Å²) in [6.07, 6.45) is 1.92. The van der Waals surface area contributed by atoms with Gasteiger partial charge in [0.05, 0.1) is 0 Å². The molecule has 0 unspecified atom stereocenters. The van der Waals surface area contributed by atoms with Gasteiger partial charge in [-0.25, -0.2) is 0 Å². The molecule has 0 heterocycles. The summed E-state index contributed by atoms with van der Waals surface area (Å²) >= 11 is 0. The molecule has 0 aliphatic heterocycles.